The highest BCUT2D eigenvalue weighted by atomic mass is 35.5. The van der Waals surface area contributed by atoms with Crippen molar-refractivity contribution in [3.8, 4) is 10.6 Å². The molecule has 0 fully saturated rings. The number of nitrogens with zero attached hydrogens (tertiary/aromatic N) is 1. The third kappa shape index (κ3) is 4.93. The minimum absolute atomic E-state index is 0.155. The Labute approximate surface area is 166 Å². The average molecular weight is 400 g/mol. The molecule has 0 aliphatic carbocycles. The van der Waals surface area contributed by atoms with E-state index in [0.717, 1.165) is 16.1 Å². The van der Waals surface area contributed by atoms with Crippen LogP contribution >= 0.6 is 22.9 Å². The van der Waals surface area contributed by atoms with Gasteiger partial charge in [-0.2, -0.15) is 0 Å². The Bertz CT molecular complexity index is 1000. The predicted molar refractivity (Wildman–Crippen MR) is 110 cm³/mol. The Morgan fingerprint density at radius 2 is 1.81 bits per heavy atom. The van der Waals surface area contributed by atoms with Crippen molar-refractivity contribution in [1.29, 1.82) is 0 Å². The van der Waals surface area contributed by atoms with Crippen molar-refractivity contribution in [2.45, 2.75) is 20.3 Å². The van der Waals surface area contributed by atoms with Crippen molar-refractivity contribution in [2.24, 2.45) is 0 Å². The highest BCUT2D eigenvalue weighted by Crippen LogP contribution is 2.27. The molecule has 0 bridgehead atoms. The lowest BCUT2D eigenvalue weighted by Crippen LogP contribution is -2.16. The molecule has 7 heteroatoms. The van der Waals surface area contributed by atoms with Crippen molar-refractivity contribution in [3.63, 3.8) is 0 Å². The van der Waals surface area contributed by atoms with E-state index >= 15 is 0 Å². The quantitative estimate of drug-likeness (QED) is 0.640. The molecule has 138 valence electrons. The summed E-state index contributed by atoms with van der Waals surface area (Å²) >= 11 is 7.50. The van der Waals surface area contributed by atoms with Crippen LogP contribution < -0.4 is 10.6 Å². The summed E-state index contributed by atoms with van der Waals surface area (Å²) in [7, 11) is 0. The molecule has 3 rings (SSSR count). The maximum absolute atomic E-state index is 12.4. The second kappa shape index (κ2) is 8.33. The van der Waals surface area contributed by atoms with Gasteiger partial charge in [0, 0.05) is 34.3 Å². The number of aromatic nitrogens is 1. The molecule has 0 atom stereocenters. The molecule has 0 aliphatic rings. The van der Waals surface area contributed by atoms with Crippen LogP contribution in [0, 0.1) is 6.92 Å². The lowest BCUT2D eigenvalue weighted by Gasteiger charge is -2.12. The van der Waals surface area contributed by atoms with E-state index in [2.05, 4.69) is 15.6 Å². The van der Waals surface area contributed by atoms with Gasteiger partial charge in [0.2, 0.25) is 11.8 Å². The largest absolute Gasteiger partial charge is 0.326 e. The first-order valence-corrected chi connectivity index (χ1v) is 9.55. The number of hydrogen-bond donors (Lipinski definition) is 2. The van der Waals surface area contributed by atoms with Crippen LogP contribution in [0.3, 0.4) is 0 Å². The predicted octanol–water partition coefficient (Wildman–Crippen LogP) is 4.91. The smallest absolute Gasteiger partial charge is 0.230 e. The van der Waals surface area contributed by atoms with E-state index in [4.69, 9.17) is 11.6 Å². The van der Waals surface area contributed by atoms with Crippen molar-refractivity contribution < 1.29 is 9.59 Å². The number of thiazole rings is 1. The lowest BCUT2D eigenvalue weighted by molar-refractivity contribution is -0.116. The Morgan fingerprint density at radius 3 is 2.52 bits per heavy atom. The van der Waals surface area contributed by atoms with E-state index in [0.29, 0.717) is 22.1 Å². The molecule has 0 aliphatic heterocycles. The molecule has 1 heterocycles. The SMILES string of the molecule is CC(=O)Nc1cccc(NC(=O)Cc2csc(-c3cccc(Cl)c3)n2)c1C. The van der Waals surface area contributed by atoms with E-state index in [1.54, 1.807) is 18.2 Å². The minimum atomic E-state index is -0.166. The zero-order chi connectivity index (χ0) is 19.4. The fourth-order valence-electron chi connectivity index (χ4n) is 2.60. The Hall–Kier alpha value is -2.70. The summed E-state index contributed by atoms with van der Waals surface area (Å²) in [6.45, 7) is 3.30. The molecule has 0 saturated carbocycles. The maximum atomic E-state index is 12.4. The highest BCUT2D eigenvalue weighted by Gasteiger charge is 2.12. The highest BCUT2D eigenvalue weighted by molar-refractivity contribution is 7.13. The molecule has 5 nitrogen and oxygen atoms in total. The van der Waals surface area contributed by atoms with Crippen LogP contribution in [0.25, 0.3) is 10.6 Å². The van der Waals surface area contributed by atoms with Gasteiger partial charge in [-0.25, -0.2) is 4.98 Å². The van der Waals surface area contributed by atoms with Crippen LogP contribution in [0.2, 0.25) is 5.02 Å². The number of amides is 2. The summed E-state index contributed by atoms with van der Waals surface area (Å²) in [5.74, 6) is -0.321. The molecule has 3 aromatic rings. The number of hydrogen-bond acceptors (Lipinski definition) is 4. The van der Waals surface area contributed by atoms with E-state index in [9.17, 15) is 9.59 Å². The third-order valence-electron chi connectivity index (χ3n) is 3.88. The Kier molecular flexibility index (Phi) is 5.88. The van der Waals surface area contributed by atoms with Crippen molar-refractivity contribution >= 4 is 46.1 Å². The van der Waals surface area contributed by atoms with Gasteiger partial charge in [-0.1, -0.05) is 29.8 Å². The van der Waals surface area contributed by atoms with Gasteiger partial charge in [-0.15, -0.1) is 11.3 Å². The van der Waals surface area contributed by atoms with E-state index in [1.807, 2.05) is 36.6 Å². The van der Waals surface area contributed by atoms with Gasteiger partial charge >= 0.3 is 0 Å². The maximum Gasteiger partial charge on any atom is 0.230 e. The summed E-state index contributed by atoms with van der Waals surface area (Å²) in [4.78, 5) is 28.2. The van der Waals surface area contributed by atoms with Crippen molar-refractivity contribution in [2.75, 3.05) is 10.6 Å². The molecule has 0 saturated heterocycles. The van der Waals surface area contributed by atoms with Gasteiger partial charge in [0.05, 0.1) is 12.1 Å². The Morgan fingerprint density at radius 1 is 1.11 bits per heavy atom. The first kappa shape index (κ1) is 19.1. The van der Waals surface area contributed by atoms with Crippen LogP contribution in [-0.2, 0) is 16.0 Å². The monoisotopic (exact) mass is 399 g/mol. The zero-order valence-electron chi connectivity index (χ0n) is 14.9. The second-order valence-electron chi connectivity index (χ2n) is 6.04. The number of benzene rings is 2. The van der Waals surface area contributed by atoms with Gasteiger partial charge in [0.1, 0.15) is 5.01 Å². The number of rotatable bonds is 5. The normalized spacial score (nSPS) is 10.5. The Balaban J connectivity index is 1.69. The minimum Gasteiger partial charge on any atom is -0.326 e. The number of halogens is 1. The zero-order valence-corrected chi connectivity index (χ0v) is 16.4. The van der Waals surface area contributed by atoms with Gasteiger partial charge in [-0.3, -0.25) is 9.59 Å². The average Bonchev–Trinajstić information content (AvgIpc) is 3.06. The third-order valence-corrected chi connectivity index (χ3v) is 5.06. The van der Waals surface area contributed by atoms with Gasteiger partial charge in [0.25, 0.3) is 0 Å². The van der Waals surface area contributed by atoms with E-state index in [-0.39, 0.29) is 18.2 Å². The standard InChI is InChI=1S/C20H18ClN3O2S/c1-12-17(22-13(2)25)7-4-8-18(12)24-19(26)10-16-11-27-20(23-16)14-5-3-6-15(21)9-14/h3-9,11H,10H2,1-2H3,(H,22,25)(H,24,26). The molecule has 0 radical (unpaired) electrons. The van der Waals surface area contributed by atoms with Crippen LogP contribution in [0.4, 0.5) is 11.4 Å². The van der Waals surface area contributed by atoms with Crippen LogP contribution in [0.1, 0.15) is 18.2 Å². The summed E-state index contributed by atoms with van der Waals surface area (Å²) < 4.78 is 0. The molecule has 0 spiro atoms. The summed E-state index contributed by atoms with van der Waals surface area (Å²) in [5, 5.41) is 8.98. The van der Waals surface area contributed by atoms with Crippen LogP contribution in [-0.4, -0.2) is 16.8 Å². The molecular formula is C20H18ClN3O2S. The first-order valence-electron chi connectivity index (χ1n) is 8.30. The van der Waals surface area contributed by atoms with E-state index < -0.39 is 0 Å². The van der Waals surface area contributed by atoms with Gasteiger partial charge < -0.3 is 10.6 Å². The fourth-order valence-corrected chi connectivity index (χ4v) is 3.60. The van der Waals surface area contributed by atoms with Gasteiger partial charge in [-0.05, 0) is 36.8 Å². The molecule has 0 unspecified atom stereocenters. The van der Waals surface area contributed by atoms with Gasteiger partial charge in [0.15, 0.2) is 0 Å². The molecule has 2 amide bonds. The molecular weight excluding hydrogens is 382 g/mol. The number of anilines is 2. The summed E-state index contributed by atoms with van der Waals surface area (Å²) in [6.07, 6.45) is 0.168. The van der Waals surface area contributed by atoms with Crippen molar-refractivity contribution in [3.05, 3.63) is 64.1 Å². The molecule has 2 aromatic carbocycles. The molecule has 2 N–H and O–H groups in total. The van der Waals surface area contributed by atoms with Crippen LogP contribution in [0.15, 0.2) is 47.8 Å². The molecule has 1 aromatic heterocycles. The second-order valence-corrected chi connectivity index (χ2v) is 7.33. The number of nitrogens with one attached hydrogen (secondary N) is 2. The number of carbonyl (C=O) groups excluding carboxylic acids is 2. The topological polar surface area (TPSA) is 71.1 Å². The first-order chi connectivity index (χ1) is 12.9. The fraction of sp³-hybridized carbons (Fsp3) is 0.150. The van der Waals surface area contributed by atoms with Crippen LogP contribution in [0.5, 0.6) is 0 Å². The summed E-state index contributed by atoms with van der Waals surface area (Å²) in [5.41, 5.74) is 3.77. The van der Waals surface area contributed by atoms with Crippen molar-refractivity contribution in [1.82, 2.24) is 4.98 Å². The lowest BCUT2D eigenvalue weighted by atomic mass is 10.1. The van der Waals surface area contributed by atoms with E-state index in [1.165, 1.54) is 18.3 Å². The molecule has 27 heavy (non-hydrogen) atoms. The number of carbonyl (C=O) groups is 2. The summed E-state index contributed by atoms with van der Waals surface area (Å²) in [6, 6.07) is 12.8.